The third-order valence-electron chi connectivity index (χ3n) is 5.57. The van der Waals surface area contributed by atoms with E-state index in [1.54, 1.807) is 11.9 Å². The molecule has 1 aromatic heterocycles. The van der Waals surface area contributed by atoms with E-state index in [0.29, 0.717) is 12.5 Å². The molecule has 4 nitrogen and oxygen atoms in total. The van der Waals surface area contributed by atoms with Crippen molar-refractivity contribution in [1.82, 2.24) is 14.2 Å². The van der Waals surface area contributed by atoms with E-state index in [1.807, 2.05) is 17.0 Å². The zero-order valence-corrected chi connectivity index (χ0v) is 17.2. The molecular formula is C22H26FN3OS. The number of halogens is 1. The number of rotatable bonds is 6. The van der Waals surface area contributed by atoms with Gasteiger partial charge in [-0.25, -0.2) is 13.7 Å². The van der Waals surface area contributed by atoms with Gasteiger partial charge in [-0.05, 0) is 61.0 Å². The minimum absolute atomic E-state index is 0.153. The number of fused-ring (bicyclic) bond motifs is 1. The van der Waals surface area contributed by atoms with Gasteiger partial charge in [-0.1, -0.05) is 25.1 Å². The molecule has 1 aliphatic carbocycles. The summed E-state index contributed by atoms with van der Waals surface area (Å²) in [6.45, 7) is 6.56. The molecule has 2 heterocycles. The van der Waals surface area contributed by atoms with Crippen molar-refractivity contribution in [1.29, 1.82) is 0 Å². The number of carbonyl (C=O) groups is 1. The van der Waals surface area contributed by atoms with Gasteiger partial charge < -0.3 is 4.90 Å². The number of hydrogen-bond acceptors (Lipinski definition) is 4. The Hall–Kier alpha value is -1.92. The summed E-state index contributed by atoms with van der Waals surface area (Å²) in [6, 6.07) is 11.0. The Morgan fingerprint density at radius 3 is 2.71 bits per heavy atom. The van der Waals surface area contributed by atoms with Crippen LogP contribution in [0.25, 0.3) is 0 Å². The van der Waals surface area contributed by atoms with E-state index in [0.717, 1.165) is 48.6 Å². The molecule has 2 aromatic rings. The van der Waals surface area contributed by atoms with E-state index in [4.69, 9.17) is 4.98 Å². The smallest absolute Gasteiger partial charge is 0.225 e. The Labute approximate surface area is 170 Å². The van der Waals surface area contributed by atoms with Crippen LogP contribution in [0, 0.1) is 11.7 Å². The molecule has 1 atom stereocenters. The van der Waals surface area contributed by atoms with Crippen molar-refractivity contribution in [2.75, 3.05) is 13.1 Å². The zero-order valence-electron chi connectivity index (χ0n) is 16.4. The summed E-state index contributed by atoms with van der Waals surface area (Å²) < 4.78 is 15.5. The van der Waals surface area contributed by atoms with Gasteiger partial charge in [0.15, 0.2) is 0 Å². The summed E-state index contributed by atoms with van der Waals surface area (Å²) in [5, 5.41) is 0.969. The third-order valence-corrected chi connectivity index (χ3v) is 6.79. The highest BCUT2D eigenvalue weighted by Gasteiger charge is 2.34. The first kappa shape index (κ1) is 19.4. The van der Waals surface area contributed by atoms with Crippen LogP contribution in [0.3, 0.4) is 0 Å². The van der Waals surface area contributed by atoms with Crippen LogP contribution in [0.4, 0.5) is 4.39 Å². The van der Waals surface area contributed by atoms with Crippen LogP contribution in [0.15, 0.2) is 41.4 Å². The first-order valence-corrected chi connectivity index (χ1v) is 10.8. The van der Waals surface area contributed by atoms with Gasteiger partial charge in [0.05, 0.1) is 0 Å². The number of aromatic nitrogens is 1. The lowest BCUT2D eigenvalue weighted by atomic mass is 10.1. The predicted molar refractivity (Wildman–Crippen MR) is 109 cm³/mol. The van der Waals surface area contributed by atoms with E-state index in [1.165, 1.54) is 17.7 Å². The molecule has 4 rings (SSSR count). The molecule has 0 bridgehead atoms. The number of carbonyl (C=O) groups excluding carboxylic acids is 1. The number of nitrogens with zero attached hydrogens (tertiary/aromatic N) is 3. The number of amides is 1. The second-order valence-electron chi connectivity index (χ2n) is 7.59. The molecule has 0 radical (unpaired) electrons. The van der Waals surface area contributed by atoms with Gasteiger partial charge in [0.25, 0.3) is 0 Å². The first-order chi connectivity index (χ1) is 13.5. The molecular weight excluding hydrogens is 373 g/mol. The van der Waals surface area contributed by atoms with Gasteiger partial charge >= 0.3 is 0 Å². The van der Waals surface area contributed by atoms with Gasteiger partial charge in [0.1, 0.15) is 10.8 Å². The Kier molecular flexibility index (Phi) is 5.69. The van der Waals surface area contributed by atoms with E-state index >= 15 is 0 Å². The van der Waals surface area contributed by atoms with Gasteiger partial charge in [-0.2, -0.15) is 0 Å². The maximum absolute atomic E-state index is 13.2. The average Bonchev–Trinajstić information content (AvgIpc) is 3.56. The van der Waals surface area contributed by atoms with E-state index in [-0.39, 0.29) is 17.8 Å². The highest BCUT2D eigenvalue weighted by atomic mass is 32.2. The van der Waals surface area contributed by atoms with Crippen molar-refractivity contribution in [2.45, 2.75) is 50.7 Å². The molecule has 2 aliphatic rings. The van der Waals surface area contributed by atoms with Crippen LogP contribution < -0.4 is 0 Å². The molecule has 0 N–H and O–H groups in total. The van der Waals surface area contributed by atoms with Crippen molar-refractivity contribution in [3.63, 3.8) is 0 Å². The molecule has 1 saturated carbocycles. The predicted octanol–water partition coefficient (Wildman–Crippen LogP) is 4.61. The highest BCUT2D eigenvalue weighted by Crippen LogP contribution is 2.34. The molecule has 1 unspecified atom stereocenters. The van der Waals surface area contributed by atoms with Crippen LogP contribution >= 0.6 is 11.9 Å². The minimum Gasteiger partial charge on any atom is -0.338 e. The molecule has 28 heavy (non-hydrogen) atoms. The summed E-state index contributed by atoms with van der Waals surface area (Å²) >= 11 is 1.64. The van der Waals surface area contributed by atoms with E-state index in [2.05, 4.69) is 30.3 Å². The maximum atomic E-state index is 13.2. The van der Waals surface area contributed by atoms with Crippen molar-refractivity contribution in [3.05, 3.63) is 59.0 Å². The fourth-order valence-corrected chi connectivity index (χ4v) is 4.60. The molecule has 1 fully saturated rings. The summed E-state index contributed by atoms with van der Waals surface area (Å²) in [4.78, 5) is 19.2. The third kappa shape index (κ3) is 4.23. The first-order valence-electron chi connectivity index (χ1n) is 10.0. The van der Waals surface area contributed by atoms with Gasteiger partial charge in [0, 0.05) is 43.7 Å². The maximum Gasteiger partial charge on any atom is 0.225 e. The van der Waals surface area contributed by atoms with Crippen LogP contribution in [0.1, 0.15) is 49.6 Å². The number of pyridine rings is 1. The van der Waals surface area contributed by atoms with Crippen LogP contribution in [0.2, 0.25) is 0 Å². The van der Waals surface area contributed by atoms with Gasteiger partial charge in [-0.3, -0.25) is 4.79 Å². The van der Waals surface area contributed by atoms with E-state index in [9.17, 15) is 9.18 Å². The normalized spacial score (nSPS) is 17.5. The summed E-state index contributed by atoms with van der Waals surface area (Å²) in [5.74, 6) is 0.377. The van der Waals surface area contributed by atoms with Crippen molar-refractivity contribution in [2.24, 2.45) is 5.92 Å². The largest absolute Gasteiger partial charge is 0.338 e. The van der Waals surface area contributed by atoms with Gasteiger partial charge in [-0.15, -0.1) is 0 Å². The second-order valence-corrected chi connectivity index (χ2v) is 8.66. The SMILES string of the molecule is CCN(Sc1ccc2c(n1)CCN(C(=O)C1CC1)C2)C(C)c1ccc(F)cc1. The second kappa shape index (κ2) is 8.21. The topological polar surface area (TPSA) is 36.4 Å². The van der Waals surface area contributed by atoms with Crippen LogP contribution in [-0.2, 0) is 17.8 Å². The monoisotopic (exact) mass is 399 g/mol. The Bertz CT molecular complexity index is 853. The average molecular weight is 400 g/mol. The lowest BCUT2D eigenvalue weighted by molar-refractivity contribution is -0.133. The summed E-state index contributed by atoms with van der Waals surface area (Å²) in [6.07, 6.45) is 2.92. The number of benzene rings is 1. The Morgan fingerprint density at radius 1 is 1.29 bits per heavy atom. The van der Waals surface area contributed by atoms with Gasteiger partial charge in [0.2, 0.25) is 5.91 Å². The lowest BCUT2D eigenvalue weighted by Gasteiger charge is -2.30. The molecule has 0 saturated heterocycles. The molecule has 6 heteroatoms. The molecule has 1 aliphatic heterocycles. The molecule has 1 aromatic carbocycles. The van der Waals surface area contributed by atoms with E-state index < -0.39 is 0 Å². The lowest BCUT2D eigenvalue weighted by Crippen LogP contribution is -2.37. The Balaban J connectivity index is 1.44. The Morgan fingerprint density at radius 2 is 2.04 bits per heavy atom. The highest BCUT2D eigenvalue weighted by molar-refractivity contribution is 7.97. The minimum atomic E-state index is -0.211. The van der Waals surface area contributed by atoms with Crippen molar-refractivity contribution in [3.8, 4) is 0 Å². The molecule has 148 valence electrons. The fourth-order valence-electron chi connectivity index (χ4n) is 3.67. The van der Waals surface area contributed by atoms with Crippen molar-refractivity contribution < 1.29 is 9.18 Å². The summed E-state index contributed by atoms with van der Waals surface area (Å²) in [5.41, 5.74) is 3.36. The molecule has 1 amide bonds. The van der Waals surface area contributed by atoms with Crippen LogP contribution in [0.5, 0.6) is 0 Å². The number of hydrogen-bond donors (Lipinski definition) is 0. The standard InChI is InChI=1S/C22H26FN3OS/c1-3-26(15(2)16-6-9-19(23)10-7-16)28-21-11-8-18-14-25(13-12-20(18)24-21)22(27)17-4-5-17/h6-11,15,17H,3-5,12-14H2,1-2H3. The fraction of sp³-hybridized carbons (Fsp3) is 0.455. The zero-order chi connectivity index (χ0) is 19.7. The van der Waals surface area contributed by atoms with Crippen molar-refractivity contribution >= 4 is 17.9 Å². The van der Waals surface area contributed by atoms with Crippen LogP contribution in [-0.4, -0.2) is 33.2 Å². The summed E-state index contributed by atoms with van der Waals surface area (Å²) in [7, 11) is 0. The quantitative estimate of drug-likeness (QED) is 0.665. The molecule has 0 spiro atoms.